The van der Waals surface area contributed by atoms with E-state index in [0.717, 1.165) is 17.0 Å². The van der Waals surface area contributed by atoms with E-state index in [1.54, 1.807) is 43.3 Å². The fourth-order valence-electron chi connectivity index (χ4n) is 3.28. The highest BCUT2D eigenvalue weighted by molar-refractivity contribution is 6.43. The number of hydrogen-bond acceptors (Lipinski definition) is 6. The average Bonchev–Trinajstić information content (AvgIpc) is 3.14. The number of nitrogens with zero attached hydrogens (tertiary/aromatic N) is 1. The van der Waals surface area contributed by atoms with Gasteiger partial charge in [0.15, 0.2) is 0 Å². The van der Waals surface area contributed by atoms with Gasteiger partial charge in [-0.15, -0.1) is 0 Å². The molecule has 156 valence electrons. The molecule has 30 heavy (non-hydrogen) atoms. The number of aromatic nitrogens is 1. The second-order valence-corrected chi connectivity index (χ2v) is 7.41. The lowest BCUT2D eigenvalue weighted by Gasteiger charge is -2.19. The quantitative estimate of drug-likeness (QED) is 0.425. The van der Waals surface area contributed by atoms with Crippen molar-refractivity contribution >= 4 is 13.0 Å². The summed E-state index contributed by atoms with van der Waals surface area (Å²) >= 11 is 0. The number of benzene rings is 2. The van der Waals surface area contributed by atoms with E-state index in [2.05, 4.69) is 10.5 Å². The molecular weight excluding hydrogens is 383 g/mol. The number of aryl methyl sites for hydroxylation is 4. The van der Waals surface area contributed by atoms with Gasteiger partial charge in [-0.05, 0) is 61.9 Å². The van der Waals surface area contributed by atoms with Crippen LogP contribution in [0.15, 0.2) is 53.1 Å². The molecular formula is C22H25BN2O5. The molecule has 7 nitrogen and oxygen atoms in total. The Labute approximate surface area is 175 Å². The van der Waals surface area contributed by atoms with Gasteiger partial charge in [-0.25, -0.2) is 0 Å². The van der Waals surface area contributed by atoms with Crippen molar-refractivity contribution in [2.45, 2.75) is 39.1 Å². The number of para-hydroxylation sites is 1. The number of nitrogens with one attached hydrogen (secondary N) is 1. The van der Waals surface area contributed by atoms with Gasteiger partial charge in [-0.3, -0.25) is 4.79 Å². The topological polar surface area (TPSA) is 116 Å². The van der Waals surface area contributed by atoms with Crippen LogP contribution in [-0.2, 0) is 19.3 Å². The van der Waals surface area contributed by atoms with Crippen LogP contribution < -0.4 is 5.32 Å². The summed E-state index contributed by atoms with van der Waals surface area (Å²) in [6, 6.07) is 14.3. The first-order valence-corrected chi connectivity index (χ1v) is 9.79. The zero-order valence-electron chi connectivity index (χ0n) is 17.0. The predicted octanol–water partition coefficient (Wildman–Crippen LogP) is 2.14. The fraction of sp³-hybridized carbons (Fsp3) is 0.273. The predicted molar refractivity (Wildman–Crippen MR) is 113 cm³/mol. The molecule has 1 amide bonds. The van der Waals surface area contributed by atoms with Crippen LogP contribution in [0.25, 0.3) is 0 Å². The van der Waals surface area contributed by atoms with Crippen LogP contribution in [0.2, 0.25) is 0 Å². The second kappa shape index (κ2) is 9.60. The summed E-state index contributed by atoms with van der Waals surface area (Å²) in [5, 5.41) is 36.3. The van der Waals surface area contributed by atoms with Crippen molar-refractivity contribution < 1.29 is 24.5 Å². The number of carbonyl (C=O) groups excluding carboxylic acids is 1. The van der Waals surface area contributed by atoms with Crippen molar-refractivity contribution in [1.82, 2.24) is 10.5 Å². The number of aromatic hydroxyl groups is 1. The van der Waals surface area contributed by atoms with Crippen LogP contribution in [0.4, 0.5) is 0 Å². The Balaban J connectivity index is 1.67. The summed E-state index contributed by atoms with van der Waals surface area (Å²) in [6.45, 7) is 3.59. The van der Waals surface area contributed by atoms with E-state index >= 15 is 0 Å². The first-order valence-electron chi connectivity index (χ1n) is 9.79. The van der Waals surface area contributed by atoms with Crippen molar-refractivity contribution in [2.75, 3.05) is 0 Å². The van der Waals surface area contributed by atoms with Gasteiger partial charge < -0.3 is 25.0 Å². The monoisotopic (exact) mass is 408 g/mol. The molecule has 0 saturated heterocycles. The molecule has 0 aliphatic heterocycles. The smallest absolute Gasteiger partial charge is 0.475 e. The van der Waals surface area contributed by atoms with Gasteiger partial charge in [0.25, 0.3) is 5.91 Å². The van der Waals surface area contributed by atoms with E-state index in [4.69, 9.17) is 4.52 Å². The van der Waals surface area contributed by atoms with Gasteiger partial charge in [0, 0.05) is 11.6 Å². The van der Waals surface area contributed by atoms with Gasteiger partial charge >= 0.3 is 7.12 Å². The molecule has 2 aromatic carbocycles. The molecule has 8 heteroatoms. The van der Waals surface area contributed by atoms with Crippen molar-refractivity contribution in [3.63, 3.8) is 0 Å². The first kappa shape index (κ1) is 21.6. The van der Waals surface area contributed by atoms with E-state index in [9.17, 15) is 19.9 Å². The van der Waals surface area contributed by atoms with Gasteiger partial charge in [-0.1, -0.05) is 35.5 Å². The lowest BCUT2D eigenvalue weighted by molar-refractivity contribution is 0.0941. The second-order valence-electron chi connectivity index (χ2n) is 7.41. The number of carbonyl (C=O) groups is 1. The molecule has 0 unspecified atom stereocenters. The van der Waals surface area contributed by atoms with Gasteiger partial charge in [0.05, 0.1) is 11.6 Å². The van der Waals surface area contributed by atoms with Gasteiger partial charge in [-0.2, -0.15) is 0 Å². The molecule has 1 heterocycles. The highest BCUT2D eigenvalue weighted by Gasteiger charge is 2.27. The molecule has 1 atom stereocenters. The van der Waals surface area contributed by atoms with Crippen LogP contribution in [0.5, 0.6) is 5.75 Å². The van der Waals surface area contributed by atoms with Gasteiger partial charge in [0.2, 0.25) is 0 Å². The number of rotatable bonds is 8. The van der Waals surface area contributed by atoms with Crippen molar-refractivity contribution in [3.8, 4) is 5.75 Å². The van der Waals surface area contributed by atoms with Crippen molar-refractivity contribution in [2.24, 2.45) is 0 Å². The Morgan fingerprint density at radius 1 is 1.13 bits per heavy atom. The normalized spacial score (nSPS) is 11.9. The fourth-order valence-corrected chi connectivity index (χ4v) is 3.28. The van der Waals surface area contributed by atoms with Gasteiger partial charge in [0.1, 0.15) is 11.5 Å². The molecule has 0 spiro atoms. The minimum Gasteiger partial charge on any atom is -0.507 e. The molecule has 0 radical (unpaired) electrons. The first-order chi connectivity index (χ1) is 14.3. The number of amides is 1. The highest BCUT2D eigenvalue weighted by atomic mass is 16.5. The number of phenols is 1. The van der Waals surface area contributed by atoms with E-state index in [1.165, 1.54) is 0 Å². The summed E-state index contributed by atoms with van der Waals surface area (Å²) < 4.78 is 5.07. The van der Waals surface area contributed by atoms with Crippen molar-refractivity contribution in [3.05, 3.63) is 82.2 Å². The Hall–Kier alpha value is -3.10. The van der Waals surface area contributed by atoms with Crippen LogP contribution >= 0.6 is 0 Å². The third-order valence-corrected chi connectivity index (χ3v) is 4.97. The molecule has 0 fully saturated rings. The zero-order chi connectivity index (χ0) is 21.7. The van der Waals surface area contributed by atoms with Crippen LogP contribution in [0.1, 0.15) is 38.5 Å². The number of phenolic OH excluding ortho intramolecular Hbond substituents is 1. The van der Waals surface area contributed by atoms with Crippen LogP contribution in [0, 0.1) is 13.8 Å². The highest BCUT2D eigenvalue weighted by Crippen LogP contribution is 2.23. The summed E-state index contributed by atoms with van der Waals surface area (Å²) in [5.74, 6) is -0.541. The molecule has 0 saturated carbocycles. The van der Waals surface area contributed by atoms with Crippen molar-refractivity contribution in [1.29, 1.82) is 0 Å². The molecule has 0 aliphatic rings. The van der Waals surface area contributed by atoms with Crippen LogP contribution in [-0.4, -0.2) is 39.3 Å². The Bertz CT molecular complexity index is 1020. The van der Waals surface area contributed by atoms with E-state index in [-0.39, 0.29) is 12.2 Å². The summed E-state index contributed by atoms with van der Waals surface area (Å²) in [5.41, 5.74) is 3.44. The maximum atomic E-state index is 12.7. The van der Waals surface area contributed by atoms with E-state index in [1.807, 2.05) is 19.1 Å². The lowest BCUT2D eigenvalue weighted by atomic mass is 9.75. The van der Waals surface area contributed by atoms with Crippen LogP contribution in [0.3, 0.4) is 0 Å². The Kier molecular flexibility index (Phi) is 6.92. The molecule has 3 rings (SSSR count). The molecule has 1 aromatic heterocycles. The standard InChI is InChI=1S/C22H25BN2O5/c1-14-5-3-7-17(21(14)26)13-20(23(28)29)24-22(27)18-8-4-6-16(12-18)9-10-19-11-15(2)30-25-19/h3-8,11-12,20,26,28-29H,9-10,13H2,1-2H3,(H,24,27)/t20-/m0/s1. The lowest BCUT2D eigenvalue weighted by Crippen LogP contribution is -2.47. The SMILES string of the molecule is Cc1cc(CCc2cccc(C(=O)N[C@@H](Cc3cccc(C)c3O)B(O)O)c2)no1. The molecule has 0 aliphatic carbocycles. The third kappa shape index (κ3) is 5.49. The maximum absolute atomic E-state index is 12.7. The minimum absolute atomic E-state index is 0.0854. The maximum Gasteiger partial charge on any atom is 0.475 e. The zero-order valence-corrected chi connectivity index (χ0v) is 17.0. The number of hydrogen-bond donors (Lipinski definition) is 4. The van der Waals surface area contributed by atoms with E-state index in [0.29, 0.717) is 29.5 Å². The Morgan fingerprint density at radius 3 is 2.60 bits per heavy atom. The molecule has 4 N–H and O–H groups in total. The Morgan fingerprint density at radius 2 is 1.90 bits per heavy atom. The summed E-state index contributed by atoms with van der Waals surface area (Å²) in [6.07, 6.45) is 1.46. The largest absolute Gasteiger partial charge is 0.507 e. The minimum atomic E-state index is -1.77. The summed E-state index contributed by atoms with van der Waals surface area (Å²) in [4.78, 5) is 12.7. The van der Waals surface area contributed by atoms with E-state index < -0.39 is 19.0 Å². The molecule has 3 aromatic rings. The summed E-state index contributed by atoms with van der Waals surface area (Å²) in [7, 11) is -1.77. The average molecular weight is 408 g/mol. The third-order valence-electron chi connectivity index (χ3n) is 4.97. The molecule has 0 bridgehead atoms.